The molecule has 2 aromatic carbocycles. The van der Waals surface area contributed by atoms with E-state index in [1.165, 1.54) is 0 Å². The molecule has 1 aliphatic heterocycles. The molecule has 1 atom stereocenters. The van der Waals surface area contributed by atoms with Gasteiger partial charge in [0.1, 0.15) is 22.9 Å². The van der Waals surface area contributed by atoms with Crippen molar-refractivity contribution in [1.29, 1.82) is 0 Å². The van der Waals surface area contributed by atoms with Crippen molar-refractivity contribution in [2.75, 3.05) is 31.6 Å². The number of nitrogens with zero attached hydrogens (tertiary/aromatic N) is 4. The number of thiazole rings is 1. The van der Waals surface area contributed by atoms with Gasteiger partial charge in [-0.2, -0.15) is 0 Å². The summed E-state index contributed by atoms with van der Waals surface area (Å²) in [5.74, 6) is 1.70. The predicted molar refractivity (Wildman–Crippen MR) is 143 cm³/mol. The number of hydrogen-bond acceptors (Lipinski definition) is 7. The van der Waals surface area contributed by atoms with Gasteiger partial charge in [-0.15, -0.1) is 11.3 Å². The minimum absolute atomic E-state index is 0.0616. The fourth-order valence-electron chi connectivity index (χ4n) is 4.43. The fraction of sp³-hybridized carbons (Fsp3) is 0.286. The molecule has 1 amide bonds. The Morgan fingerprint density at radius 2 is 1.94 bits per heavy atom. The van der Waals surface area contributed by atoms with Gasteiger partial charge < -0.3 is 15.0 Å². The number of rotatable bonds is 8. The highest BCUT2D eigenvalue weighted by Gasteiger charge is 2.26. The lowest BCUT2D eigenvalue weighted by molar-refractivity contribution is -0.125. The number of hydrogen-bond donors (Lipinski definition) is 1. The Labute approximate surface area is 215 Å². The van der Waals surface area contributed by atoms with Crippen molar-refractivity contribution in [2.45, 2.75) is 19.3 Å². The molecule has 0 saturated carbocycles. The number of carbonyl (C=O) groups excluding carboxylic acids is 1. The van der Waals surface area contributed by atoms with Crippen molar-refractivity contribution in [2.24, 2.45) is 5.92 Å². The summed E-state index contributed by atoms with van der Waals surface area (Å²) in [6.07, 6.45) is 4.15. The smallest absolute Gasteiger partial charge is 0.224 e. The van der Waals surface area contributed by atoms with E-state index >= 15 is 0 Å². The van der Waals surface area contributed by atoms with Gasteiger partial charge in [0.15, 0.2) is 0 Å². The average Bonchev–Trinajstić information content (AvgIpc) is 3.43. The van der Waals surface area contributed by atoms with Crippen LogP contribution in [-0.2, 0) is 11.2 Å². The molecule has 2 aromatic heterocycles. The highest BCUT2D eigenvalue weighted by atomic mass is 32.1. The van der Waals surface area contributed by atoms with Gasteiger partial charge in [0.25, 0.3) is 0 Å². The van der Waals surface area contributed by atoms with Gasteiger partial charge >= 0.3 is 0 Å². The Morgan fingerprint density at radius 3 is 2.75 bits per heavy atom. The largest absolute Gasteiger partial charge is 0.497 e. The standard InChI is InChI=1S/C28H29N5O2S/c1-35-24-11-9-20(10-12-24)25-16-26(31-19-30-25)33-15-5-8-22(17-33)27(34)29-14-13-23-18-36-28(32-23)21-6-3-2-4-7-21/h2-4,6-7,9-12,16,18-19,22H,5,8,13-15,17H2,1H3,(H,29,34). The maximum Gasteiger partial charge on any atom is 0.224 e. The van der Waals surface area contributed by atoms with E-state index in [-0.39, 0.29) is 11.8 Å². The first kappa shape index (κ1) is 23.9. The first-order valence-electron chi connectivity index (χ1n) is 12.2. The van der Waals surface area contributed by atoms with Crippen molar-refractivity contribution in [3.8, 4) is 27.6 Å². The van der Waals surface area contributed by atoms with E-state index in [4.69, 9.17) is 9.72 Å². The minimum atomic E-state index is -0.0616. The van der Waals surface area contributed by atoms with Gasteiger partial charge in [0.05, 0.1) is 24.4 Å². The second kappa shape index (κ2) is 11.3. The molecule has 8 heteroatoms. The second-order valence-electron chi connectivity index (χ2n) is 8.83. The summed E-state index contributed by atoms with van der Waals surface area (Å²) >= 11 is 1.64. The summed E-state index contributed by atoms with van der Waals surface area (Å²) in [5, 5.41) is 6.21. The number of carbonyl (C=O) groups is 1. The third kappa shape index (κ3) is 5.71. The SMILES string of the molecule is COc1ccc(-c2cc(N3CCCC(C(=O)NCCc4csc(-c5ccccc5)n4)C3)ncn2)cc1. The Bertz CT molecular complexity index is 1290. The van der Waals surface area contributed by atoms with Crippen molar-refractivity contribution in [3.05, 3.63) is 78.1 Å². The summed E-state index contributed by atoms with van der Waals surface area (Å²) in [4.78, 5) is 28.8. The van der Waals surface area contributed by atoms with Gasteiger partial charge in [-0.3, -0.25) is 4.79 Å². The van der Waals surface area contributed by atoms with Crippen molar-refractivity contribution < 1.29 is 9.53 Å². The van der Waals surface area contributed by atoms with Crippen LogP contribution in [0.1, 0.15) is 18.5 Å². The van der Waals surface area contributed by atoms with Crippen LogP contribution in [0.5, 0.6) is 5.75 Å². The lowest BCUT2D eigenvalue weighted by Gasteiger charge is -2.33. The fourth-order valence-corrected chi connectivity index (χ4v) is 5.29. The Kier molecular flexibility index (Phi) is 7.52. The van der Waals surface area contributed by atoms with Crippen LogP contribution in [0.3, 0.4) is 0 Å². The van der Waals surface area contributed by atoms with Crippen LogP contribution in [0.2, 0.25) is 0 Å². The number of methoxy groups -OCH3 is 1. The van der Waals surface area contributed by atoms with Crippen LogP contribution in [0, 0.1) is 5.92 Å². The van der Waals surface area contributed by atoms with Crippen LogP contribution in [-0.4, -0.2) is 47.6 Å². The van der Waals surface area contributed by atoms with E-state index < -0.39 is 0 Å². The maximum absolute atomic E-state index is 12.9. The number of aromatic nitrogens is 3. The summed E-state index contributed by atoms with van der Waals surface area (Å²) in [6.45, 7) is 2.12. The van der Waals surface area contributed by atoms with E-state index in [9.17, 15) is 4.79 Å². The number of piperidine rings is 1. The van der Waals surface area contributed by atoms with E-state index in [0.717, 1.165) is 64.9 Å². The van der Waals surface area contributed by atoms with Crippen molar-refractivity contribution in [3.63, 3.8) is 0 Å². The van der Waals surface area contributed by atoms with E-state index in [0.29, 0.717) is 13.1 Å². The maximum atomic E-state index is 12.9. The molecule has 184 valence electrons. The molecule has 1 unspecified atom stereocenters. The minimum Gasteiger partial charge on any atom is -0.497 e. The zero-order valence-electron chi connectivity index (χ0n) is 20.3. The second-order valence-corrected chi connectivity index (χ2v) is 9.68. The van der Waals surface area contributed by atoms with E-state index in [2.05, 4.69) is 37.7 Å². The Hall–Kier alpha value is -3.78. The normalized spacial score (nSPS) is 15.5. The van der Waals surface area contributed by atoms with Gasteiger partial charge in [0.2, 0.25) is 5.91 Å². The molecule has 3 heterocycles. The molecule has 0 bridgehead atoms. The molecule has 1 saturated heterocycles. The topological polar surface area (TPSA) is 80.2 Å². The number of nitrogens with one attached hydrogen (secondary N) is 1. The summed E-state index contributed by atoms with van der Waals surface area (Å²) in [7, 11) is 1.65. The number of benzene rings is 2. The number of ether oxygens (including phenoxy) is 1. The molecule has 1 fully saturated rings. The number of amides is 1. The van der Waals surface area contributed by atoms with Crippen LogP contribution < -0.4 is 15.0 Å². The van der Waals surface area contributed by atoms with Gasteiger partial charge in [-0.25, -0.2) is 15.0 Å². The number of anilines is 1. The van der Waals surface area contributed by atoms with Gasteiger partial charge in [-0.05, 0) is 37.1 Å². The summed E-state index contributed by atoms with van der Waals surface area (Å²) in [6, 6.07) is 20.0. The third-order valence-corrected chi connectivity index (χ3v) is 7.35. The summed E-state index contributed by atoms with van der Waals surface area (Å²) < 4.78 is 5.25. The zero-order valence-corrected chi connectivity index (χ0v) is 21.1. The molecule has 4 aromatic rings. The predicted octanol–water partition coefficient (Wildman–Crippen LogP) is 4.85. The van der Waals surface area contributed by atoms with Crippen LogP contribution in [0.15, 0.2) is 72.4 Å². The highest BCUT2D eigenvalue weighted by molar-refractivity contribution is 7.13. The average molecular weight is 500 g/mol. The van der Waals surface area contributed by atoms with Crippen molar-refractivity contribution >= 4 is 23.1 Å². The quantitative estimate of drug-likeness (QED) is 0.373. The third-order valence-electron chi connectivity index (χ3n) is 6.41. The monoisotopic (exact) mass is 499 g/mol. The lowest BCUT2D eigenvalue weighted by Crippen LogP contribution is -2.43. The van der Waals surface area contributed by atoms with Crippen LogP contribution >= 0.6 is 11.3 Å². The Morgan fingerprint density at radius 1 is 1.11 bits per heavy atom. The molecular weight excluding hydrogens is 470 g/mol. The van der Waals surface area contributed by atoms with Gasteiger partial charge in [0, 0.05) is 48.6 Å². The van der Waals surface area contributed by atoms with Crippen LogP contribution in [0.25, 0.3) is 21.8 Å². The molecular formula is C28H29N5O2S. The summed E-state index contributed by atoms with van der Waals surface area (Å²) in [5.41, 5.74) is 3.99. The van der Waals surface area contributed by atoms with E-state index in [1.807, 2.05) is 48.5 Å². The first-order chi connectivity index (χ1) is 17.7. The molecule has 0 radical (unpaired) electrons. The first-order valence-corrected chi connectivity index (χ1v) is 13.1. The molecule has 36 heavy (non-hydrogen) atoms. The highest BCUT2D eigenvalue weighted by Crippen LogP contribution is 2.27. The molecule has 0 aliphatic carbocycles. The molecule has 0 spiro atoms. The van der Waals surface area contributed by atoms with Gasteiger partial charge in [-0.1, -0.05) is 30.3 Å². The molecule has 1 N–H and O–H groups in total. The molecule has 5 rings (SSSR count). The van der Waals surface area contributed by atoms with Crippen LogP contribution in [0.4, 0.5) is 5.82 Å². The Balaban J connectivity index is 1.16. The molecule has 1 aliphatic rings. The lowest BCUT2D eigenvalue weighted by atomic mass is 9.97. The van der Waals surface area contributed by atoms with Crippen molar-refractivity contribution in [1.82, 2.24) is 20.3 Å². The zero-order chi connectivity index (χ0) is 24.7. The molecule has 7 nitrogen and oxygen atoms in total. The van der Waals surface area contributed by atoms with E-state index in [1.54, 1.807) is 24.8 Å².